The van der Waals surface area contributed by atoms with Crippen LogP contribution in [0.3, 0.4) is 0 Å². The summed E-state index contributed by atoms with van der Waals surface area (Å²) in [4.78, 5) is 30.9. The Labute approximate surface area is 172 Å². The molecule has 0 unspecified atom stereocenters. The number of esters is 1. The summed E-state index contributed by atoms with van der Waals surface area (Å²) in [5.74, 6) is -0.458. The Morgan fingerprint density at radius 3 is 2.38 bits per heavy atom. The van der Waals surface area contributed by atoms with Crippen LogP contribution >= 0.6 is 0 Å². The smallest absolute Gasteiger partial charge is 0.410 e. The zero-order chi connectivity index (χ0) is 21.3. The van der Waals surface area contributed by atoms with Crippen molar-refractivity contribution in [3.05, 3.63) is 60.4 Å². The maximum Gasteiger partial charge on any atom is 0.410 e. The highest BCUT2D eigenvalue weighted by Crippen LogP contribution is 2.14. The van der Waals surface area contributed by atoms with E-state index in [-0.39, 0.29) is 6.54 Å². The van der Waals surface area contributed by atoms with Gasteiger partial charge in [-0.05, 0) is 45.0 Å². The van der Waals surface area contributed by atoms with Gasteiger partial charge in [0.25, 0.3) is 0 Å². The van der Waals surface area contributed by atoms with Gasteiger partial charge in [-0.3, -0.25) is 4.98 Å². The maximum absolute atomic E-state index is 12.8. The standard InChI is InChI=1S/C22H29N3O4/c1-22(2,3)29-21(27)25(15-13-17-10-8-9-14-23-17)16-19(20(26)28-4)24-18-11-6-5-7-12-18/h5-12,14,19,24H,13,15-16H2,1-4H3/t19-/m0/s1. The molecule has 0 fully saturated rings. The van der Waals surface area contributed by atoms with Crippen LogP contribution < -0.4 is 5.32 Å². The fourth-order valence-corrected chi connectivity index (χ4v) is 2.66. The molecule has 1 N–H and O–H groups in total. The molecule has 2 rings (SSSR count). The highest BCUT2D eigenvalue weighted by atomic mass is 16.6. The summed E-state index contributed by atoms with van der Waals surface area (Å²) in [6.07, 6.45) is 1.76. The number of carbonyl (C=O) groups is 2. The monoisotopic (exact) mass is 399 g/mol. The first-order valence-electron chi connectivity index (χ1n) is 9.56. The van der Waals surface area contributed by atoms with Gasteiger partial charge in [0.1, 0.15) is 11.6 Å². The third kappa shape index (κ3) is 7.81. The van der Waals surface area contributed by atoms with E-state index in [9.17, 15) is 9.59 Å². The number of nitrogens with one attached hydrogen (secondary N) is 1. The molecular weight excluding hydrogens is 370 g/mol. The molecule has 0 bridgehead atoms. The van der Waals surface area contributed by atoms with E-state index in [0.717, 1.165) is 11.4 Å². The highest BCUT2D eigenvalue weighted by Gasteiger charge is 2.28. The fraction of sp³-hybridized carbons (Fsp3) is 0.409. The summed E-state index contributed by atoms with van der Waals surface area (Å²) < 4.78 is 10.5. The van der Waals surface area contributed by atoms with Crippen LogP contribution in [0, 0.1) is 0 Å². The molecule has 7 nitrogen and oxygen atoms in total. The second-order valence-corrected chi connectivity index (χ2v) is 7.58. The van der Waals surface area contributed by atoms with E-state index in [0.29, 0.717) is 13.0 Å². The molecule has 0 spiro atoms. The number of ether oxygens (including phenoxy) is 2. The summed E-state index contributed by atoms with van der Waals surface area (Å²) >= 11 is 0. The van der Waals surface area contributed by atoms with E-state index < -0.39 is 23.7 Å². The Balaban J connectivity index is 2.16. The quantitative estimate of drug-likeness (QED) is 0.684. The lowest BCUT2D eigenvalue weighted by atomic mass is 10.2. The lowest BCUT2D eigenvalue weighted by molar-refractivity contribution is -0.141. The van der Waals surface area contributed by atoms with E-state index >= 15 is 0 Å². The molecule has 1 aromatic carbocycles. The molecule has 7 heteroatoms. The molecule has 2 aromatic rings. The predicted molar refractivity (Wildman–Crippen MR) is 112 cm³/mol. The summed E-state index contributed by atoms with van der Waals surface area (Å²) in [6.45, 7) is 5.88. The zero-order valence-electron chi connectivity index (χ0n) is 17.4. The maximum atomic E-state index is 12.8. The van der Waals surface area contributed by atoms with Crippen molar-refractivity contribution in [2.24, 2.45) is 0 Å². The largest absolute Gasteiger partial charge is 0.467 e. The number of hydrogen-bond acceptors (Lipinski definition) is 6. The van der Waals surface area contributed by atoms with Gasteiger partial charge in [-0.15, -0.1) is 0 Å². The first-order chi connectivity index (χ1) is 13.8. The van der Waals surface area contributed by atoms with Gasteiger partial charge in [0.15, 0.2) is 0 Å². The van der Waals surface area contributed by atoms with Crippen LogP contribution in [0.15, 0.2) is 54.7 Å². The Morgan fingerprint density at radius 2 is 1.79 bits per heavy atom. The number of methoxy groups -OCH3 is 1. The van der Waals surface area contributed by atoms with E-state index in [2.05, 4.69) is 10.3 Å². The number of para-hydroxylation sites is 1. The average Bonchev–Trinajstić information content (AvgIpc) is 2.69. The molecular formula is C22H29N3O4. The molecule has 156 valence electrons. The Kier molecular flexibility index (Phi) is 8.00. The SMILES string of the molecule is COC(=O)[C@H](CN(CCc1ccccn1)C(=O)OC(C)(C)C)Nc1ccccc1. The van der Waals surface area contributed by atoms with Crippen molar-refractivity contribution in [1.82, 2.24) is 9.88 Å². The van der Waals surface area contributed by atoms with Gasteiger partial charge in [0.05, 0.1) is 13.7 Å². The van der Waals surface area contributed by atoms with Crippen LogP contribution in [-0.2, 0) is 20.7 Å². The number of benzene rings is 1. The number of nitrogens with zero attached hydrogens (tertiary/aromatic N) is 2. The van der Waals surface area contributed by atoms with Gasteiger partial charge in [-0.25, -0.2) is 9.59 Å². The molecule has 0 aliphatic rings. The number of anilines is 1. The van der Waals surface area contributed by atoms with Gasteiger partial charge >= 0.3 is 12.1 Å². The van der Waals surface area contributed by atoms with E-state index in [4.69, 9.17) is 9.47 Å². The van der Waals surface area contributed by atoms with Crippen LogP contribution in [-0.4, -0.2) is 53.8 Å². The third-order valence-electron chi connectivity index (χ3n) is 4.02. The molecule has 0 saturated heterocycles. The van der Waals surface area contributed by atoms with Crippen molar-refractivity contribution in [2.45, 2.75) is 38.8 Å². The number of hydrogen-bond donors (Lipinski definition) is 1. The van der Waals surface area contributed by atoms with Crippen molar-refractivity contribution < 1.29 is 19.1 Å². The van der Waals surface area contributed by atoms with Crippen LogP contribution in [0.25, 0.3) is 0 Å². The minimum Gasteiger partial charge on any atom is -0.467 e. The Bertz CT molecular complexity index is 776. The second kappa shape index (κ2) is 10.5. The fourth-order valence-electron chi connectivity index (χ4n) is 2.66. The average molecular weight is 399 g/mol. The summed E-state index contributed by atoms with van der Waals surface area (Å²) in [5, 5.41) is 3.14. The number of pyridine rings is 1. The van der Waals surface area contributed by atoms with Gasteiger partial charge in [0, 0.05) is 30.5 Å². The van der Waals surface area contributed by atoms with Gasteiger partial charge < -0.3 is 19.7 Å². The second-order valence-electron chi connectivity index (χ2n) is 7.58. The summed E-state index contributed by atoms with van der Waals surface area (Å²) in [6, 6.07) is 14.2. The van der Waals surface area contributed by atoms with Crippen molar-refractivity contribution in [2.75, 3.05) is 25.5 Å². The van der Waals surface area contributed by atoms with Gasteiger partial charge in [-0.2, -0.15) is 0 Å². The topological polar surface area (TPSA) is 80.8 Å². The lowest BCUT2D eigenvalue weighted by Gasteiger charge is -2.30. The summed E-state index contributed by atoms with van der Waals surface area (Å²) in [5.41, 5.74) is 0.969. The van der Waals surface area contributed by atoms with E-state index in [1.165, 1.54) is 12.0 Å². The first kappa shape index (κ1) is 22.2. The van der Waals surface area contributed by atoms with Crippen LogP contribution in [0.1, 0.15) is 26.5 Å². The highest BCUT2D eigenvalue weighted by molar-refractivity contribution is 5.80. The van der Waals surface area contributed by atoms with Crippen LogP contribution in [0.4, 0.5) is 10.5 Å². The van der Waals surface area contributed by atoms with E-state index in [1.807, 2.05) is 69.3 Å². The van der Waals surface area contributed by atoms with E-state index in [1.54, 1.807) is 6.20 Å². The van der Waals surface area contributed by atoms with Crippen molar-refractivity contribution in [1.29, 1.82) is 0 Å². The molecule has 0 aliphatic heterocycles. The molecule has 0 saturated carbocycles. The molecule has 0 radical (unpaired) electrons. The minimum absolute atomic E-state index is 0.101. The molecule has 1 amide bonds. The van der Waals surface area contributed by atoms with Gasteiger partial charge in [0.2, 0.25) is 0 Å². The lowest BCUT2D eigenvalue weighted by Crippen LogP contribution is -2.47. The van der Waals surface area contributed by atoms with Crippen LogP contribution in [0.2, 0.25) is 0 Å². The number of aromatic nitrogens is 1. The summed E-state index contributed by atoms with van der Waals surface area (Å²) in [7, 11) is 1.33. The molecule has 0 aliphatic carbocycles. The molecule has 1 aromatic heterocycles. The third-order valence-corrected chi connectivity index (χ3v) is 4.02. The minimum atomic E-state index is -0.737. The first-order valence-corrected chi connectivity index (χ1v) is 9.56. The molecule has 1 heterocycles. The Hall–Kier alpha value is -3.09. The number of rotatable bonds is 8. The predicted octanol–water partition coefficient (Wildman–Crippen LogP) is 3.51. The number of amides is 1. The zero-order valence-corrected chi connectivity index (χ0v) is 17.4. The van der Waals surface area contributed by atoms with Gasteiger partial charge in [-0.1, -0.05) is 24.3 Å². The van der Waals surface area contributed by atoms with Crippen molar-refractivity contribution in [3.8, 4) is 0 Å². The Morgan fingerprint density at radius 1 is 1.10 bits per heavy atom. The number of carbonyl (C=O) groups excluding carboxylic acids is 2. The van der Waals surface area contributed by atoms with Crippen molar-refractivity contribution >= 4 is 17.7 Å². The van der Waals surface area contributed by atoms with Crippen LogP contribution in [0.5, 0.6) is 0 Å². The normalized spacial score (nSPS) is 12.0. The molecule has 29 heavy (non-hydrogen) atoms. The molecule has 1 atom stereocenters. The van der Waals surface area contributed by atoms with Crippen molar-refractivity contribution in [3.63, 3.8) is 0 Å².